The van der Waals surface area contributed by atoms with Crippen molar-refractivity contribution >= 4 is 11.0 Å². The van der Waals surface area contributed by atoms with Crippen LogP contribution in [0.25, 0.3) is 11.0 Å². The van der Waals surface area contributed by atoms with Gasteiger partial charge in [-0.25, -0.2) is 13.8 Å². The molecule has 0 unspecified atom stereocenters. The molecule has 2 aromatic rings. The molecule has 1 aromatic carbocycles. The number of halogens is 2. The molecule has 0 spiro atoms. The molecule has 1 aliphatic rings. The third kappa shape index (κ3) is 3.10. The molecule has 21 heavy (non-hydrogen) atoms. The largest absolute Gasteiger partial charge is 0.319 e. The second kappa shape index (κ2) is 5.89. The van der Waals surface area contributed by atoms with Crippen LogP contribution in [0.2, 0.25) is 0 Å². The first-order valence-corrected chi connectivity index (χ1v) is 7.24. The van der Waals surface area contributed by atoms with Gasteiger partial charge in [0, 0.05) is 19.0 Å². The van der Waals surface area contributed by atoms with Crippen LogP contribution in [0.15, 0.2) is 16.9 Å². The minimum atomic E-state index is -0.750. The number of benzene rings is 1. The molecule has 0 aliphatic carbocycles. The van der Waals surface area contributed by atoms with E-state index < -0.39 is 11.6 Å². The highest BCUT2D eigenvalue weighted by Crippen LogP contribution is 2.15. The predicted molar refractivity (Wildman–Crippen MR) is 76.3 cm³/mol. The number of hydrogen-bond donors (Lipinski definition) is 1. The molecule has 0 saturated carbocycles. The molecule has 1 fully saturated rings. The van der Waals surface area contributed by atoms with Gasteiger partial charge in [0.25, 0.3) is 5.56 Å². The third-order valence-electron chi connectivity index (χ3n) is 3.90. The summed E-state index contributed by atoms with van der Waals surface area (Å²) in [7, 11) is 0. The van der Waals surface area contributed by atoms with Crippen molar-refractivity contribution in [2.45, 2.75) is 25.7 Å². The minimum Gasteiger partial charge on any atom is -0.319 e. The summed E-state index contributed by atoms with van der Waals surface area (Å²) in [6.45, 7) is 2.81. The van der Waals surface area contributed by atoms with Crippen LogP contribution in [-0.4, -0.2) is 34.5 Å². The van der Waals surface area contributed by atoms with Gasteiger partial charge in [-0.1, -0.05) is 6.42 Å². The van der Waals surface area contributed by atoms with E-state index >= 15 is 0 Å². The van der Waals surface area contributed by atoms with Gasteiger partial charge in [-0.3, -0.25) is 4.79 Å². The summed E-state index contributed by atoms with van der Waals surface area (Å²) in [5.74, 6) is -1.47. The van der Waals surface area contributed by atoms with E-state index in [2.05, 4.69) is 14.9 Å². The molecule has 1 aliphatic heterocycles. The molecule has 4 nitrogen and oxygen atoms in total. The number of aromatic amines is 1. The van der Waals surface area contributed by atoms with Gasteiger partial charge < -0.3 is 9.88 Å². The summed E-state index contributed by atoms with van der Waals surface area (Å²) in [5, 5.41) is 0. The molecule has 6 heteroatoms. The molecule has 1 aromatic heterocycles. The van der Waals surface area contributed by atoms with Crippen LogP contribution in [0.4, 0.5) is 8.78 Å². The average Bonchev–Trinajstić information content (AvgIpc) is 2.46. The van der Waals surface area contributed by atoms with Gasteiger partial charge in [-0.15, -0.1) is 0 Å². The molecular formula is C15H17F2N3O. The zero-order valence-electron chi connectivity index (χ0n) is 11.7. The van der Waals surface area contributed by atoms with Crippen LogP contribution in [0.1, 0.15) is 25.0 Å². The maximum atomic E-state index is 13.7. The van der Waals surface area contributed by atoms with E-state index in [4.69, 9.17) is 0 Å². The molecule has 0 amide bonds. The number of rotatable bonds is 3. The summed E-state index contributed by atoms with van der Waals surface area (Å²) >= 11 is 0. The molecule has 112 valence electrons. The Morgan fingerprint density at radius 1 is 1.19 bits per heavy atom. The molecule has 0 bridgehead atoms. The zero-order valence-corrected chi connectivity index (χ0v) is 11.7. The quantitative estimate of drug-likeness (QED) is 0.944. The van der Waals surface area contributed by atoms with E-state index in [9.17, 15) is 13.6 Å². The van der Waals surface area contributed by atoms with Crippen LogP contribution in [0.3, 0.4) is 0 Å². The lowest BCUT2D eigenvalue weighted by atomic mass is 10.1. The normalized spacial score (nSPS) is 16.5. The number of H-pyrrole nitrogens is 1. The van der Waals surface area contributed by atoms with E-state index in [0.717, 1.165) is 31.8 Å². The van der Waals surface area contributed by atoms with Crippen molar-refractivity contribution in [3.63, 3.8) is 0 Å². The Labute approximate surface area is 120 Å². The molecule has 0 atom stereocenters. The third-order valence-corrected chi connectivity index (χ3v) is 3.90. The summed E-state index contributed by atoms with van der Waals surface area (Å²) in [6.07, 6.45) is 4.08. The summed E-state index contributed by atoms with van der Waals surface area (Å²) in [4.78, 5) is 20.8. The predicted octanol–water partition coefficient (Wildman–Crippen LogP) is 2.23. The Morgan fingerprint density at radius 3 is 2.71 bits per heavy atom. The number of hydrogen-bond acceptors (Lipinski definition) is 3. The van der Waals surface area contributed by atoms with Crippen LogP contribution >= 0.6 is 0 Å². The lowest BCUT2D eigenvalue weighted by Crippen LogP contribution is -2.32. The first-order chi connectivity index (χ1) is 10.1. The van der Waals surface area contributed by atoms with Crippen molar-refractivity contribution in [2.75, 3.05) is 19.6 Å². The van der Waals surface area contributed by atoms with E-state index in [1.807, 2.05) is 0 Å². The van der Waals surface area contributed by atoms with Crippen LogP contribution in [0.5, 0.6) is 0 Å². The summed E-state index contributed by atoms with van der Waals surface area (Å²) < 4.78 is 26.8. The van der Waals surface area contributed by atoms with Gasteiger partial charge >= 0.3 is 0 Å². The van der Waals surface area contributed by atoms with Gasteiger partial charge in [-0.05, 0) is 32.0 Å². The van der Waals surface area contributed by atoms with Crippen molar-refractivity contribution in [3.8, 4) is 0 Å². The topological polar surface area (TPSA) is 49.0 Å². The Bertz CT molecular complexity index is 708. The first-order valence-electron chi connectivity index (χ1n) is 7.24. The summed E-state index contributed by atoms with van der Waals surface area (Å²) in [5.41, 5.74) is 0.0481. The maximum Gasteiger partial charge on any atom is 0.270 e. The molecule has 1 N–H and O–H groups in total. The Hall–Kier alpha value is -1.82. The van der Waals surface area contributed by atoms with E-state index in [-0.39, 0.29) is 16.6 Å². The number of likely N-dealkylation sites (tertiary alicyclic amines) is 1. The molecule has 0 radical (unpaired) electrons. The minimum absolute atomic E-state index is 0.0182. The highest BCUT2D eigenvalue weighted by Gasteiger charge is 2.13. The van der Waals surface area contributed by atoms with Gasteiger partial charge in [0.15, 0.2) is 5.82 Å². The van der Waals surface area contributed by atoms with E-state index in [1.165, 1.54) is 19.3 Å². The monoisotopic (exact) mass is 293 g/mol. The van der Waals surface area contributed by atoms with Crippen molar-refractivity contribution in [2.24, 2.45) is 0 Å². The Morgan fingerprint density at radius 2 is 1.95 bits per heavy atom. The van der Waals surface area contributed by atoms with Gasteiger partial charge in [0.2, 0.25) is 0 Å². The number of nitrogens with one attached hydrogen (secondary N) is 1. The zero-order chi connectivity index (χ0) is 14.8. The van der Waals surface area contributed by atoms with Crippen molar-refractivity contribution < 1.29 is 8.78 Å². The Balaban J connectivity index is 1.85. The second-order valence-electron chi connectivity index (χ2n) is 5.45. The number of fused-ring (bicyclic) bond motifs is 1. The fourth-order valence-corrected chi connectivity index (χ4v) is 2.77. The molecule has 2 heterocycles. The van der Waals surface area contributed by atoms with Crippen LogP contribution in [0, 0.1) is 11.6 Å². The summed E-state index contributed by atoms with van der Waals surface area (Å²) in [6, 6.07) is 1.86. The highest BCUT2D eigenvalue weighted by atomic mass is 19.1. The lowest BCUT2D eigenvalue weighted by molar-refractivity contribution is 0.230. The van der Waals surface area contributed by atoms with Crippen LogP contribution < -0.4 is 5.56 Å². The van der Waals surface area contributed by atoms with Gasteiger partial charge in [0.1, 0.15) is 17.0 Å². The fourth-order valence-electron chi connectivity index (χ4n) is 2.77. The van der Waals surface area contributed by atoms with Crippen LogP contribution in [-0.2, 0) is 6.42 Å². The lowest BCUT2D eigenvalue weighted by Gasteiger charge is -2.25. The average molecular weight is 293 g/mol. The molecular weight excluding hydrogens is 276 g/mol. The van der Waals surface area contributed by atoms with Gasteiger partial charge in [-0.2, -0.15) is 0 Å². The van der Waals surface area contributed by atoms with Crippen molar-refractivity contribution in [1.29, 1.82) is 0 Å². The second-order valence-corrected chi connectivity index (χ2v) is 5.45. The highest BCUT2D eigenvalue weighted by molar-refractivity contribution is 5.74. The molecule has 3 rings (SSSR count). The van der Waals surface area contributed by atoms with Crippen molar-refractivity contribution in [3.05, 3.63) is 39.8 Å². The SMILES string of the molecule is O=c1[nH]c2cc(F)cc(F)c2nc1CCN1CCCCC1. The maximum absolute atomic E-state index is 13.7. The smallest absolute Gasteiger partial charge is 0.270 e. The van der Waals surface area contributed by atoms with Gasteiger partial charge in [0.05, 0.1) is 5.52 Å². The number of nitrogens with zero attached hydrogens (tertiary/aromatic N) is 2. The number of aromatic nitrogens is 2. The van der Waals surface area contributed by atoms with E-state index in [1.54, 1.807) is 0 Å². The standard InChI is InChI=1S/C15H17F2N3O/c16-10-8-11(17)14-13(9-10)19-15(21)12(18-14)4-7-20-5-2-1-3-6-20/h8-9H,1-7H2,(H,19,21). The van der Waals surface area contributed by atoms with Crippen molar-refractivity contribution in [1.82, 2.24) is 14.9 Å². The van der Waals surface area contributed by atoms with E-state index in [0.29, 0.717) is 12.1 Å². The fraction of sp³-hybridized carbons (Fsp3) is 0.467. The first kappa shape index (κ1) is 14.1. The number of piperidine rings is 1. The molecule has 1 saturated heterocycles. The Kier molecular flexibility index (Phi) is 3.96.